The van der Waals surface area contributed by atoms with Crippen molar-refractivity contribution < 1.29 is 33.3 Å². The molecule has 1 aliphatic carbocycles. The van der Waals surface area contributed by atoms with Gasteiger partial charge in [0.05, 0.1) is 31.3 Å². The van der Waals surface area contributed by atoms with Gasteiger partial charge in [0.25, 0.3) is 0 Å². The number of methoxy groups -OCH3 is 1. The van der Waals surface area contributed by atoms with Crippen LogP contribution in [0.15, 0.2) is 61.2 Å². The van der Waals surface area contributed by atoms with E-state index < -0.39 is 18.3 Å². The van der Waals surface area contributed by atoms with Crippen LogP contribution in [0.4, 0.5) is 4.79 Å². The molecule has 0 saturated carbocycles. The molecule has 8 heteroatoms. The van der Waals surface area contributed by atoms with Crippen molar-refractivity contribution in [1.82, 2.24) is 4.90 Å². The maximum atomic E-state index is 13.4. The molecule has 0 aromatic heterocycles. The van der Waals surface area contributed by atoms with E-state index in [2.05, 4.69) is 30.8 Å². The molecule has 2 aromatic rings. The van der Waals surface area contributed by atoms with E-state index in [0.717, 1.165) is 30.4 Å². The normalized spacial score (nSPS) is 24.5. The first-order valence-electron chi connectivity index (χ1n) is 13.7. The van der Waals surface area contributed by atoms with Crippen LogP contribution in [0.2, 0.25) is 0 Å². The number of hydrogen-bond acceptors (Lipinski definition) is 7. The smallest absolute Gasteiger partial charge is 0.409 e. The molecule has 2 saturated heterocycles. The van der Waals surface area contributed by atoms with Crippen LogP contribution in [0.25, 0.3) is 11.1 Å². The highest BCUT2D eigenvalue weighted by Gasteiger charge is 2.38. The Morgan fingerprint density at radius 3 is 2.41 bits per heavy atom. The van der Waals surface area contributed by atoms with Gasteiger partial charge in [-0.05, 0) is 47.9 Å². The fraction of sp³-hybridized carbons (Fsp3) is 0.484. The Kier molecular flexibility index (Phi) is 8.96. The summed E-state index contributed by atoms with van der Waals surface area (Å²) in [4.78, 5) is 27.7. The van der Waals surface area contributed by atoms with Gasteiger partial charge in [0.1, 0.15) is 13.2 Å². The van der Waals surface area contributed by atoms with Crippen LogP contribution in [0.3, 0.4) is 0 Å². The lowest BCUT2D eigenvalue weighted by Crippen LogP contribution is -2.51. The number of carbonyl (C=O) groups is 2. The number of piperidine rings is 1. The summed E-state index contributed by atoms with van der Waals surface area (Å²) >= 11 is 0. The van der Waals surface area contributed by atoms with E-state index in [1.54, 1.807) is 12.0 Å². The third-order valence-electron chi connectivity index (χ3n) is 7.69. The highest BCUT2D eigenvalue weighted by Crippen LogP contribution is 2.44. The average Bonchev–Trinajstić information content (AvgIpc) is 3.28. The van der Waals surface area contributed by atoms with E-state index in [0.29, 0.717) is 19.6 Å². The number of rotatable bonds is 9. The molecule has 8 nitrogen and oxygen atoms in total. The fourth-order valence-corrected chi connectivity index (χ4v) is 5.90. The summed E-state index contributed by atoms with van der Waals surface area (Å²) in [5, 5.41) is 0. The molecule has 2 aromatic carbocycles. The maximum Gasteiger partial charge on any atom is 0.409 e. The second kappa shape index (κ2) is 12.8. The van der Waals surface area contributed by atoms with Crippen LogP contribution in [0.5, 0.6) is 0 Å². The number of benzene rings is 2. The zero-order chi connectivity index (χ0) is 27.2. The van der Waals surface area contributed by atoms with Gasteiger partial charge < -0.3 is 28.6 Å². The number of esters is 1. The summed E-state index contributed by atoms with van der Waals surface area (Å²) < 4.78 is 28.8. The second-order valence-electron chi connectivity index (χ2n) is 10.4. The molecule has 3 unspecified atom stereocenters. The van der Waals surface area contributed by atoms with E-state index in [1.807, 2.05) is 24.3 Å². The number of nitrogens with zero attached hydrogens (tertiary/aromatic N) is 1. The molecule has 2 fully saturated rings. The summed E-state index contributed by atoms with van der Waals surface area (Å²) in [6.07, 6.45) is 3.34. The Morgan fingerprint density at radius 1 is 1.00 bits per heavy atom. The van der Waals surface area contributed by atoms with Crippen molar-refractivity contribution in [3.05, 3.63) is 72.3 Å². The molecule has 3 aliphatic rings. The quantitative estimate of drug-likeness (QED) is 0.333. The highest BCUT2D eigenvalue weighted by molar-refractivity contribution is 5.79. The SMILES string of the molecule is C=CCOC(=O)[C@@H]1CC(OC2CCCC(COC)O2)CN(C(=O)OCC2c3ccccc3-c3ccccc32)C1. The molecule has 39 heavy (non-hydrogen) atoms. The van der Waals surface area contributed by atoms with Crippen molar-refractivity contribution in [2.24, 2.45) is 5.92 Å². The number of ether oxygens (including phenoxy) is 5. The van der Waals surface area contributed by atoms with Crippen LogP contribution in [0.1, 0.15) is 42.7 Å². The molecule has 0 radical (unpaired) electrons. The molecule has 4 atom stereocenters. The van der Waals surface area contributed by atoms with Crippen molar-refractivity contribution in [3.63, 3.8) is 0 Å². The molecule has 2 aliphatic heterocycles. The molecule has 0 N–H and O–H groups in total. The van der Waals surface area contributed by atoms with Crippen molar-refractivity contribution >= 4 is 12.1 Å². The standard InChI is InChI=1S/C31H37NO7/c1-3-15-36-30(33)21-16-23(39-29-14-8-9-22(38-29)19-35-2)18-32(17-21)31(34)37-20-28-26-12-6-4-10-24(26)25-11-5-7-13-27(25)28/h3-7,10-13,21-23,28-29H,1,8-9,14-20H2,2H3/t21-,22?,23?,29?/m1/s1. The Bertz CT molecular complexity index is 1120. The number of likely N-dealkylation sites (tertiary alicyclic amines) is 1. The number of amides is 1. The van der Waals surface area contributed by atoms with Gasteiger partial charge in [-0.15, -0.1) is 0 Å². The van der Waals surface area contributed by atoms with E-state index in [4.69, 9.17) is 23.7 Å². The first kappa shape index (κ1) is 27.4. The van der Waals surface area contributed by atoms with Gasteiger partial charge in [0, 0.05) is 19.6 Å². The third kappa shape index (κ3) is 6.35. The lowest BCUT2D eigenvalue weighted by atomic mass is 9.96. The fourth-order valence-electron chi connectivity index (χ4n) is 5.90. The van der Waals surface area contributed by atoms with Crippen molar-refractivity contribution in [2.75, 3.05) is 40.0 Å². The minimum absolute atomic E-state index is 0.0241. The Morgan fingerprint density at radius 2 is 1.72 bits per heavy atom. The predicted octanol–water partition coefficient (Wildman–Crippen LogP) is 4.91. The van der Waals surface area contributed by atoms with Crippen LogP contribution >= 0.6 is 0 Å². The summed E-state index contributed by atoms with van der Waals surface area (Å²) in [6.45, 7) is 4.99. The Balaban J connectivity index is 1.26. The van der Waals surface area contributed by atoms with Gasteiger partial charge in [-0.25, -0.2) is 4.79 Å². The van der Waals surface area contributed by atoms with Gasteiger partial charge in [-0.1, -0.05) is 61.2 Å². The highest BCUT2D eigenvalue weighted by atomic mass is 16.7. The lowest BCUT2D eigenvalue weighted by molar-refractivity contribution is -0.230. The number of fused-ring (bicyclic) bond motifs is 3. The zero-order valence-corrected chi connectivity index (χ0v) is 22.5. The third-order valence-corrected chi connectivity index (χ3v) is 7.69. The molecule has 5 rings (SSSR count). The monoisotopic (exact) mass is 535 g/mol. The second-order valence-corrected chi connectivity index (χ2v) is 10.4. The van der Waals surface area contributed by atoms with Crippen LogP contribution in [-0.2, 0) is 28.5 Å². The van der Waals surface area contributed by atoms with Crippen LogP contribution < -0.4 is 0 Å². The first-order valence-corrected chi connectivity index (χ1v) is 13.7. The summed E-state index contributed by atoms with van der Waals surface area (Å²) in [5.74, 6) is -0.941. The maximum absolute atomic E-state index is 13.4. The predicted molar refractivity (Wildman–Crippen MR) is 145 cm³/mol. The van der Waals surface area contributed by atoms with E-state index in [1.165, 1.54) is 17.2 Å². The topological polar surface area (TPSA) is 83.5 Å². The van der Waals surface area contributed by atoms with Crippen molar-refractivity contribution in [1.29, 1.82) is 0 Å². The Labute approximate surface area is 229 Å². The number of hydrogen-bond donors (Lipinski definition) is 0. The molecule has 208 valence electrons. The van der Waals surface area contributed by atoms with Gasteiger partial charge in [0.2, 0.25) is 0 Å². The van der Waals surface area contributed by atoms with E-state index in [9.17, 15) is 9.59 Å². The van der Waals surface area contributed by atoms with E-state index in [-0.39, 0.29) is 43.9 Å². The van der Waals surface area contributed by atoms with Crippen LogP contribution in [-0.4, -0.2) is 75.5 Å². The van der Waals surface area contributed by atoms with Gasteiger partial charge in [-0.3, -0.25) is 4.79 Å². The molecular weight excluding hydrogens is 498 g/mol. The molecule has 0 spiro atoms. The minimum Gasteiger partial charge on any atom is -0.461 e. The van der Waals surface area contributed by atoms with Crippen molar-refractivity contribution in [2.45, 2.75) is 50.1 Å². The van der Waals surface area contributed by atoms with E-state index >= 15 is 0 Å². The lowest BCUT2D eigenvalue weighted by Gasteiger charge is -2.39. The molecule has 0 bridgehead atoms. The minimum atomic E-state index is -0.525. The molecule has 2 heterocycles. The van der Waals surface area contributed by atoms with Gasteiger partial charge >= 0.3 is 12.1 Å². The van der Waals surface area contributed by atoms with Gasteiger partial charge in [0.15, 0.2) is 6.29 Å². The number of carbonyl (C=O) groups excluding carboxylic acids is 2. The zero-order valence-electron chi connectivity index (χ0n) is 22.5. The largest absolute Gasteiger partial charge is 0.461 e. The van der Waals surface area contributed by atoms with Crippen LogP contribution in [0, 0.1) is 5.92 Å². The first-order chi connectivity index (χ1) is 19.1. The molecular formula is C31H37NO7. The summed E-state index contributed by atoms with van der Waals surface area (Å²) in [6, 6.07) is 16.5. The molecule has 1 amide bonds. The summed E-state index contributed by atoms with van der Waals surface area (Å²) in [5.41, 5.74) is 4.64. The average molecular weight is 536 g/mol. The van der Waals surface area contributed by atoms with Gasteiger partial charge in [-0.2, -0.15) is 0 Å². The summed E-state index contributed by atoms with van der Waals surface area (Å²) in [7, 11) is 1.65. The Hall–Kier alpha value is -3.20. The van der Waals surface area contributed by atoms with Crippen molar-refractivity contribution in [3.8, 4) is 11.1 Å².